The summed E-state index contributed by atoms with van der Waals surface area (Å²) in [6, 6.07) is -0.823. The number of nitrogens with one attached hydrogen (secondary N) is 1. The van der Waals surface area contributed by atoms with Gasteiger partial charge in [0.25, 0.3) is 0 Å². The van der Waals surface area contributed by atoms with Gasteiger partial charge in [-0.2, -0.15) is 0 Å². The molecule has 1 aliphatic rings. The lowest BCUT2D eigenvalue weighted by Crippen LogP contribution is -2.60. The van der Waals surface area contributed by atoms with Gasteiger partial charge in [0.15, 0.2) is 6.29 Å². The monoisotopic (exact) mass is 1290 g/mol. The number of esters is 1. The average Bonchev–Trinajstić information content (AvgIpc) is 2.21. The second-order valence-electron chi connectivity index (χ2n) is 28.1. The van der Waals surface area contributed by atoms with Gasteiger partial charge in [-0.25, -0.2) is 0 Å². The number of unbranched alkanes of at least 4 members (excludes halogenated alkanes) is 56. The van der Waals surface area contributed by atoms with Crippen LogP contribution in [0.15, 0.2) is 24.3 Å². The van der Waals surface area contributed by atoms with Crippen LogP contribution in [0, 0.1) is 0 Å². The molecule has 1 rings (SSSR count). The van der Waals surface area contributed by atoms with Crippen molar-refractivity contribution in [2.75, 3.05) is 19.8 Å². The Kier molecular flexibility index (Phi) is 66.6. The van der Waals surface area contributed by atoms with Gasteiger partial charge in [-0.3, -0.25) is 9.59 Å². The summed E-state index contributed by atoms with van der Waals surface area (Å²) in [5, 5.41) is 54.6. The molecular weight excluding hydrogens is 1130 g/mol. The molecule has 0 saturated carbocycles. The molecule has 1 amide bonds. The molecule has 1 saturated heterocycles. The van der Waals surface area contributed by atoms with E-state index in [1.165, 1.54) is 334 Å². The molecule has 0 aromatic heterocycles. The third-order valence-corrected chi connectivity index (χ3v) is 19.3. The standard InChI is InChI=1S/C80H153NO10/c1-3-5-7-9-11-13-15-17-43-46-50-54-58-62-66-73(83)72(71-90-80-79(88)78(87)77(86)74(70-82)91-80)81-75(84)67-63-59-55-51-47-44-41-39-37-35-33-31-29-27-25-23-21-19-18-20-22-24-26-28-30-32-34-36-38-40-42-45-49-53-57-61-65-69-89-76(85)68-64-60-56-52-48-16-14-12-10-8-6-4-2/h46,50,62,66,72-74,77-80,82-83,86-88H,3-45,47-49,51-61,63-65,67-71H2,1-2H3,(H,81,84)/b50-46+,66-62+. The third kappa shape index (κ3) is 58.1. The van der Waals surface area contributed by atoms with E-state index in [0.717, 1.165) is 51.4 Å². The topological polar surface area (TPSA) is 175 Å². The molecule has 7 unspecified atom stereocenters. The Balaban J connectivity index is 1.90. The van der Waals surface area contributed by atoms with E-state index >= 15 is 0 Å². The largest absolute Gasteiger partial charge is 0.466 e. The normalized spacial score (nSPS) is 17.6. The average molecular weight is 1290 g/mol. The molecule has 1 heterocycles. The Labute approximate surface area is 562 Å². The summed E-state index contributed by atoms with van der Waals surface area (Å²) in [5.74, 6) is -0.165. The maximum Gasteiger partial charge on any atom is 0.305 e. The molecule has 1 aliphatic heterocycles. The SMILES string of the molecule is CCCCCCCCCC/C=C/CC/C=C/C(O)C(COC1OC(CO)C(O)C(O)C1O)NC(=O)CCCCCCCCCCCCCCCCCCCCCCCCCCCCCCCCCCCCCCCOC(=O)CCCCCCCCCCCCCC. The van der Waals surface area contributed by atoms with Crippen LogP contribution in [0.25, 0.3) is 0 Å². The second-order valence-corrected chi connectivity index (χ2v) is 28.1. The van der Waals surface area contributed by atoms with Crippen LogP contribution in [0.5, 0.6) is 0 Å². The lowest BCUT2D eigenvalue weighted by Gasteiger charge is -2.40. The van der Waals surface area contributed by atoms with Crippen LogP contribution < -0.4 is 5.32 Å². The Bertz CT molecular complexity index is 1560. The predicted molar refractivity (Wildman–Crippen MR) is 384 cm³/mol. The molecule has 0 aliphatic carbocycles. The number of carbonyl (C=O) groups is 2. The number of ether oxygens (including phenoxy) is 3. The highest BCUT2D eigenvalue weighted by atomic mass is 16.7. The van der Waals surface area contributed by atoms with E-state index in [-0.39, 0.29) is 18.5 Å². The van der Waals surface area contributed by atoms with Crippen molar-refractivity contribution in [3.05, 3.63) is 24.3 Å². The zero-order valence-corrected chi connectivity index (χ0v) is 60.1. The van der Waals surface area contributed by atoms with Crippen molar-refractivity contribution in [2.45, 2.75) is 455 Å². The molecule has 0 aromatic carbocycles. The van der Waals surface area contributed by atoms with Crippen molar-refractivity contribution in [2.24, 2.45) is 0 Å². The molecule has 0 bridgehead atoms. The molecular formula is C80H153NO10. The van der Waals surface area contributed by atoms with Crippen molar-refractivity contribution in [3.63, 3.8) is 0 Å². The fourth-order valence-electron chi connectivity index (χ4n) is 13.0. The summed E-state index contributed by atoms with van der Waals surface area (Å²) in [4.78, 5) is 25.1. The van der Waals surface area contributed by atoms with Gasteiger partial charge in [0.05, 0.1) is 32.0 Å². The fourth-order valence-corrected chi connectivity index (χ4v) is 13.0. The predicted octanol–water partition coefficient (Wildman–Crippen LogP) is 21.5. The van der Waals surface area contributed by atoms with E-state index in [1.807, 2.05) is 6.08 Å². The summed E-state index contributed by atoms with van der Waals surface area (Å²) in [6.45, 7) is 4.38. The highest BCUT2D eigenvalue weighted by Gasteiger charge is 2.44. The summed E-state index contributed by atoms with van der Waals surface area (Å²) < 4.78 is 16.8. The number of allylic oxidation sites excluding steroid dienone is 3. The summed E-state index contributed by atoms with van der Waals surface area (Å²) in [5.41, 5.74) is 0. The van der Waals surface area contributed by atoms with E-state index in [4.69, 9.17) is 14.2 Å². The smallest absolute Gasteiger partial charge is 0.305 e. The first-order valence-electron chi connectivity index (χ1n) is 40.1. The van der Waals surface area contributed by atoms with Gasteiger partial charge in [-0.15, -0.1) is 0 Å². The van der Waals surface area contributed by atoms with Crippen molar-refractivity contribution in [1.29, 1.82) is 0 Å². The minimum Gasteiger partial charge on any atom is -0.466 e. The highest BCUT2D eigenvalue weighted by molar-refractivity contribution is 5.76. The van der Waals surface area contributed by atoms with Gasteiger partial charge in [-0.05, 0) is 44.9 Å². The lowest BCUT2D eigenvalue weighted by atomic mass is 9.99. The Morgan fingerprint density at radius 3 is 1.09 bits per heavy atom. The van der Waals surface area contributed by atoms with E-state index < -0.39 is 49.5 Å². The van der Waals surface area contributed by atoms with E-state index in [9.17, 15) is 35.1 Å². The van der Waals surface area contributed by atoms with E-state index in [1.54, 1.807) is 6.08 Å². The van der Waals surface area contributed by atoms with Gasteiger partial charge in [0.2, 0.25) is 5.91 Å². The van der Waals surface area contributed by atoms with Gasteiger partial charge in [-0.1, -0.05) is 378 Å². The Hall–Kier alpha value is -1.86. The van der Waals surface area contributed by atoms with Crippen LogP contribution in [-0.2, 0) is 23.8 Å². The zero-order valence-electron chi connectivity index (χ0n) is 60.1. The number of rotatable bonds is 72. The fraction of sp³-hybridized carbons (Fsp3) is 0.925. The highest BCUT2D eigenvalue weighted by Crippen LogP contribution is 2.24. The molecule has 538 valence electrons. The number of aliphatic hydroxyl groups excluding tert-OH is 5. The van der Waals surface area contributed by atoms with Crippen molar-refractivity contribution in [3.8, 4) is 0 Å². The molecule has 0 spiro atoms. The van der Waals surface area contributed by atoms with Gasteiger partial charge in [0, 0.05) is 12.8 Å². The molecule has 11 nitrogen and oxygen atoms in total. The van der Waals surface area contributed by atoms with Crippen LogP contribution in [-0.4, -0.2) is 100 Å². The van der Waals surface area contributed by atoms with Crippen molar-refractivity contribution < 1.29 is 49.3 Å². The Morgan fingerprint density at radius 1 is 0.396 bits per heavy atom. The summed E-state index contributed by atoms with van der Waals surface area (Å²) in [6.07, 6.45) is 79.3. The van der Waals surface area contributed by atoms with Gasteiger partial charge >= 0.3 is 5.97 Å². The van der Waals surface area contributed by atoms with Crippen LogP contribution >= 0.6 is 0 Å². The minimum absolute atomic E-state index is 0.0186. The van der Waals surface area contributed by atoms with Crippen molar-refractivity contribution in [1.82, 2.24) is 5.32 Å². The zero-order chi connectivity index (χ0) is 65.8. The number of hydrogen-bond donors (Lipinski definition) is 6. The maximum atomic E-state index is 13.1. The maximum absolute atomic E-state index is 13.1. The number of hydrogen-bond acceptors (Lipinski definition) is 10. The van der Waals surface area contributed by atoms with Gasteiger partial charge in [0.1, 0.15) is 24.4 Å². The number of aliphatic hydroxyl groups is 5. The van der Waals surface area contributed by atoms with Gasteiger partial charge < -0.3 is 45.1 Å². The molecule has 0 radical (unpaired) electrons. The quantitative estimate of drug-likeness (QED) is 0.0195. The molecule has 6 N–H and O–H groups in total. The third-order valence-electron chi connectivity index (χ3n) is 19.3. The molecule has 1 fully saturated rings. The van der Waals surface area contributed by atoms with E-state index in [0.29, 0.717) is 19.4 Å². The van der Waals surface area contributed by atoms with Crippen LogP contribution in [0.4, 0.5) is 0 Å². The lowest BCUT2D eigenvalue weighted by molar-refractivity contribution is -0.302. The first-order valence-corrected chi connectivity index (χ1v) is 40.1. The Morgan fingerprint density at radius 2 is 0.714 bits per heavy atom. The molecule has 7 atom stereocenters. The van der Waals surface area contributed by atoms with Crippen molar-refractivity contribution >= 4 is 11.9 Å². The number of amides is 1. The number of carbonyl (C=O) groups excluding carboxylic acids is 2. The summed E-state index contributed by atoms with van der Waals surface area (Å²) >= 11 is 0. The summed E-state index contributed by atoms with van der Waals surface area (Å²) in [7, 11) is 0. The minimum atomic E-state index is -1.57. The molecule has 91 heavy (non-hydrogen) atoms. The van der Waals surface area contributed by atoms with Crippen LogP contribution in [0.2, 0.25) is 0 Å². The van der Waals surface area contributed by atoms with Crippen LogP contribution in [0.1, 0.15) is 412 Å². The molecule has 11 heteroatoms. The second kappa shape index (κ2) is 69.5. The first-order chi connectivity index (χ1) is 44.7. The molecule has 0 aromatic rings. The van der Waals surface area contributed by atoms with Crippen LogP contribution in [0.3, 0.4) is 0 Å². The van der Waals surface area contributed by atoms with E-state index in [2.05, 4.69) is 31.3 Å². The first kappa shape index (κ1) is 87.2.